The van der Waals surface area contributed by atoms with Crippen LogP contribution in [0.15, 0.2) is 0 Å². The Balaban J connectivity index is 0.00000196. The Morgan fingerprint density at radius 2 is 1.87 bits per heavy atom. The van der Waals surface area contributed by atoms with E-state index in [9.17, 15) is 0 Å². The Labute approximate surface area is 98.5 Å². The molecule has 0 aliphatic carbocycles. The van der Waals surface area contributed by atoms with E-state index in [2.05, 4.69) is 12.0 Å². The summed E-state index contributed by atoms with van der Waals surface area (Å²) in [7, 11) is 0. The maximum Gasteiger partial charge on any atom is 0.0825 e. The van der Waals surface area contributed by atoms with Crippen LogP contribution in [0.25, 0.3) is 0 Å². The number of nitrogens with zero attached hydrogens (tertiary/aromatic N) is 2. The predicted octanol–water partition coefficient (Wildman–Crippen LogP) is 3.08. The van der Waals surface area contributed by atoms with Gasteiger partial charge in [0.1, 0.15) is 0 Å². The standard InChI is InChI=1S/C11H21N3.ClH/c1-4-5-6-7-8-14-10(3)11(12)9(2)13-14;/h4-8,12H2,1-3H3;1H. The fourth-order valence-corrected chi connectivity index (χ4v) is 1.62. The number of nitrogens with two attached hydrogens (primary N) is 1. The van der Waals surface area contributed by atoms with Gasteiger partial charge >= 0.3 is 0 Å². The molecule has 0 aliphatic rings. The van der Waals surface area contributed by atoms with Gasteiger partial charge in [0.2, 0.25) is 0 Å². The monoisotopic (exact) mass is 231 g/mol. The first-order chi connectivity index (χ1) is 6.66. The fraction of sp³-hybridized carbons (Fsp3) is 0.727. The molecule has 2 N–H and O–H groups in total. The summed E-state index contributed by atoms with van der Waals surface area (Å²) in [5.41, 5.74) is 8.76. The number of nitrogen functional groups attached to an aromatic ring is 1. The zero-order chi connectivity index (χ0) is 10.6. The van der Waals surface area contributed by atoms with Gasteiger partial charge in [0.25, 0.3) is 0 Å². The van der Waals surface area contributed by atoms with Gasteiger partial charge in [-0.3, -0.25) is 4.68 Å². The summed E-state index contributed by atoms with van der Waals surface area (Å²) in [5.74, 6) is 0. The lowest BCUT2D eigenvalue weighted by molar-refractivity contribution is 0.530. The van der Waals surface area contributed by atoms with E-state index in [1.165, 1.54) is 25.7 Å². The summed E-state index contributed by atoms with van der Waals surface area (Å²) in [6, 6.07) is 0. The van der Waals surface area contributed by atoms with E-state index < -0.39 is 0 Å². The van der Waals surface area contributed by atoms with Crippen molar-refractivity contribution in [3.63, 3.8) is 0 Å². The van der Waals surface area contributed by atoms with E-state index in [1.807, 2.05) is 18.5 Å². The number of anilines is 1. The zero-order valence-corrected chi connectivity index (χ0v) is 10.7. The summed E-state index contributed by atoms with van der Waals surface area (Å²) < 4.78 is 2.03. The fourth-order valence-electron chi connectivity index (χ4n) is 1.62. The Hall–Kier alpha value is -0.700. The molecule has 0 bridgehead atoms. The molecule has 0 amide bonds. The summed E-state index contributed by atoms with van der Waals surface area (Å²) in [6.45, 7) is 7.23. The van der Waals surface area contributed by atoms with E-state index in [1.54, 1.807) is 0 Å². The highest BCUT2D eigenvalue weighted by molar-refractivity contribution is 5.85. The average Bonchev–Trinajstić information content (AvgIpc) is 2.41. The van der Waals surface area contributed by atoms with Crippen LogP contribution in [0.4, 0.5) is 5.69 Å². The van der Waals surface area contributed by atoms with Crippen LogP contribution in [0.2, 0.25) is 0 Å². The van der Waals surface area contributed by atoms with E-state index >= 15 is 0 Å². The molecule has 0 saturated carbocycles. The maximum atomic E-state index is 5.85. The Morgan fingerprint density at radius 1 is 1.20 bits per heavy atom. The Kier molecular flexibility index (Phi) is 6.41. The lowest BCUT2D eigenvalue weighted by Crippen LogP contribution is -2.03. The second kappa shape index (κ2) is 6.72. The van der Waals surface area contributed by atoms with Crippen molar-refractivity contribution in [2.75, 3.05) is 5.73 Å². The molecule has 88 valence electrons. The maximum absolute atomic E-state index is 5.85. The van der Waals surface area contributed by atoms with Gasteiger partial charge < -0.3 is 5.73 Å². The van der Waals surface area contributed by atoms with Crippen LogP contribution in [0, 0.1) is 13.8 Å². The molecule has 4 heteroatoms. The molecule has 0 saturated heterocycles. The third-order valence-corrected chi connectivity index (χ3v) is 2.66. The predicted molar refractivity (Wildman–Crippen MR) is 67.5 cm³/mol. The summed E-state index contributed by atoms with van der Waals surface area (Å²) in [4.78, 5) is 0. The highest BCUT2D eigenvalue weighted by atomic mass is 35.5. The summed E-state index contributed by atoms with van der Waals surface area (Å²) >= 11 is 0. The third-order valence-electron chi connectivity index (χ3n) is 2.66. The molecule has 0 spiro atoms. The lowest BCUT2D eigenvalue weighted by Gasteiger charge is -2.03. The minimum absolute atomic E-state index is 0. The van der Waals surface area contributed by atoms with Gasteiger partial charge in [-0.15, -0.1) is 12.4 Å². The topological polar surface area (TPSA) is 43.8 Å². The minimum Gasteiger partial charge on any atom is -0.396 e. The highest BCUT2D eigenvalue weighted by Gasteiger charge is 2.06. The molecular formula is C11H22ClN3. The number of halogens is 1. The first-order valence-corrected chi connectivity index (χ1v) is 5.46. The van der Waals surface area contributed by atoms with Crippen LogP contribution >= 0.6 is 12.4 Å². The number of aryl methyl sites for hydroxylation is 2. The molecule has 0 radical (unpaired) electrons. The quantitative estimate of drug-likeness (QED) is 0.792. The SMILES string of the molecule is CCCCCCn1nc(C)c(N)c1C.Cl. The van der Waals surface area contributed by atoms with E-state index in [-0.39, 0.29) is 12.4 Å². The molecular weight excluding hydrogens is 210 g/mol. The number of hydrogen-bond donors (Lipinski definition) is 1. The van der Waals surface area contributed by atoms with E-state index in [0.717, 1.165) is 23.6 Å². The summed E-state index contributed by atoms with van der Waals surface area (Å²) in [6.07, 6.45) is 5.08. The molecule has 1 rings (SSSR count). The van der Waals surface area contributed by atoms with Crippen molar-refractivity contribution in [1.29, 1.82) is 0 Å². The smallest absolute Gasteiger partial charge is 0.0825 e. The van der Waals surface area contributed by atoms with Gasteiger partial charge in [-0.25, -0.2) is 0 Å². The third kappa shape index (κ3) is 3.74. The van der Waals surface area contributed by atoms with Gasteiger partial charge in [0.05, 0.1) is 17.1 Å². The average molecular weight is 232 g/mol. The molecule has 15 heavy (non-hydrogen) atoms. The second-order valence-corrected chi connectivity index (χ2v) is 3.87. The zero-order valence-electron chi connectivity index (χ0n) is 9.92. The van der Waals surface area contributed by atoms with Gasteiger partial charge in [0.15, 0.2) is 0 Å². The van der Waals surface area contributed by atoms with Crippen LogP contribution in [0.1, 0.15) is 44.0 Å². The minimum atomic E-state index is 0. The van der Waals surface area contributed by atoms with Gasteiger partial charge in [0, 0.05) is 6.54 Å². The molecule has 1 aromatic rings. The van der Waals surface area contributed by atoms with Crippen molar-refractivity contribution in [3.05, 3.63) is 11.4 Å². The summed E-state index contributed by atoms with van der Waals surface area (Å²) in [5, 5.41) is 4.40. The van der Waals surface area contributed by atoms with Crippen LogP contribution < -0.4 is 5.73 Å². The number of hydrogen-bond acceptors (Lipinski definition) is 2. The lowest BCUT2D eigenvalue weighted by atomic mass is 10.2. The molecule has 1 aromatic heterocycles. The first kappa shape index (κ1) is 14.3. The molecule has 0 aliphatic heterocycles. The van der Waals surface area contributed by atoms with Gasteiger partial charge in [-0.05, 0) is 20.3 Å². The van der Waals surface area contributed by atoms with Crippen LogP contribution in [0.3, 0.4) is 0 Å². The van der Waals surface area contributed by atoms with Crippen molar-refractivity contribution >= 4 is 18.1 Å². The Morgan fingerprint density at radius 3 is 2.33 bits per heavy atom. The number of aromatic nitrogens is 2. The van der Waals surface area contributed by atoms with Crippen LogP contribution in [-0.2, 0) is 6.54 Å². The van der Waals surface area contributed by atoms with Crippen LogP contribution in [0.5, 0.6) is 0 Å². The molecule has 0 atom stereocenters. The number of unbranched alkanes of at least 4 members (excludes halogenated alkanes) is 3. The van der Waals surface area contributed by atoms with E-state index in [0.29, 0.717) is 0 Å². The molecule has 3 nitrogen and oxygen atoms in total. The molecule has 0 aromatic carbocycles. The van der Waals surface area contributed by atoms with Crippen LogP contribution in [-0.4, -0.2) is 9.78 Å². The molecule has 0 fully saturated rings. The molecule has 0 unspecified atom stereocenters. The van der Waals surface area contributed by atoms with Gasteiger partial charge in [-0.2, -0.15) is 5.10 Å². The number of rotatable bonds is 5. The van der Waals surface area contributed by atoms with Crippen molar-refractivity contribution < 1.29 is 0 Å². The highest BCUT2D eigenvalue weighted by Crippen LogP contribution is 2.15. The van der Waals surface area contributed by atoms with Crippen molar-refractivity contribution in [1.82, 2.24) is 9.78 Å². The van der Waals surface area contributed by atoms with Crippen molar-refractivity contribution in [3.8, 4) is 0 Å². The second-order valence-electron chi connectivity index (χ2n) is 3.87. The molecule has 1 heterocycles. The normalized spacial score (nSPS) is 10.1. The van der Waals surface area contributed by atoms with Crippen molar-refractivity contribution in [2.24, 2.45) is 0 Å². The van der Waals surface area contributed by atoms with E-state index in [4.69, 9.17) is 5.73 Å². The first-order valence-electron chi connectivity index (χ1n) is 5.46. The largest absolute Gasteiger partial charge is 0.396 e. The Bertz CT molecular complexity index is 294. The van der Waals surface area contributed by atoms with Gasteiger partial charge in [-0.1, -0.05) is 26.2 Å². The van der Waals surface area contributed by atoms with Crippen molar-refractivity contribution in [2.45, 2.75) is 53.0 Å².